The Morgan fingerprint density at radius 1 is 1.70 bits per heavy atom. The van der Waals surface area contributed by atoms with E-state index in [0.717, 1.165) is 12.8 Å². The van der Waals surface area contributed by atoms with E-state index in [1.165, 1.54) is 5.57 Å². The number of hydrogen-bond donors (Lipinski definition) is 0. The summed E-state index contributed by atoms with van der Waals surface area (Å²) in [6.07, 6.45) is 1.79. The summed E-state index contributed by atoms with van der Waals surface area (Å²) in [7, 11) is 0. The van der Waals surface area contributed by atoms with E-state index in [-0.39, 0.29) is 5.92 Å². The van der Waals surface area contributed by atoms with Gasteiger partial charge >= 0.3 is 0 Å². The first-order chi connectivity index (χ1) is 4.63. The van der Waals surface area contributed by atoms with Crippen molar-refractivity contribution in [3.63, 3.8) is 0 Å². The Balaban J connectivity index is 2.66. The molecule has 0 bridgehead atoms. The number of ketones is 1. The van der Waals surface area contributed by atoms with Crippen LogP contribution in [0.25, 0.3) is 0 Å². The van der Waals surface area contributed by atoms with Gasteiger partial charge in [0.1, 0.15) is 5.78 Å². The number of Topliss-reactive ketones (excluding diaryl/α,β-unsaturated/α-hetero) is 1. The summed E-state index contributed by atoms with van der Waals surface area (Å²) in [4.78, 5) is 11.0. The first kappa shape index (κ1) is 7.52. The molecular formula is C9H14O. The van der Waals surface area contributed by atoms with E-state index in [2.05, 4.69) is 6.58 Å². The zero-order chi connectivity index (χ0) is 7.72. The number of allylic oxidation sites excluding steroid dienone is 1. The van der Waals surface area contributed by atoms with Gasteiger partial charge in [0.2, 0.25) is 0 Å². The lowest BCUT2D eigenvalue weighted by Gasteiger charge is -2.12. The zero-order valence-electron chi connectivity index (χ0n) is 6.68. The summed E-state index contributed by atoms with van der Waals surface area (Å²) >= 11 is 0. The first-order valence-electron chi connectivity index (χ1n) is 3.81. The SMILES string of the molecule is C=C(C)[C@@H]1CCC(=O)C1C. The maximum atomic E-state index is 11.0. The van der Waals surface area contributed by atoms with Gasteiger partial charge in [-0.25, -0.2) is 0 Å². The standard InChI is InChI=1S/C9H14O/c1-6(2)8-4-5-9(10)7(8)3/h7-8H,1,4-5H2,2-3H3/t7?,8-/m0/s1. The predicted molar refractivity (Wildman–Crippen MR) is 41.7 cm³/mol. The van der Waals surface area contributed by atoms with Gasteiger partial charge in [0.15, 0.2) is 0 Å². The maximum Gasteiger partial charge on any atom is 0.136 e. The van der Waals surface area contributed by atoms with E-state index in [1.54, 1.807) is 0 Å². The van der Waals surface area contributed by atoms with Crippen LogP contribution < -0.4 is 0 Å². The van der Waals surface area contributed by atoms with Crippen LogP contribution in [0.15, 0.2) is 12.2 Å². The van der Waals surface area contributed by atoms with E-state index < -0.39 is 0 Å². The minimum Gasteiger partial charge on any atom is -0.299 e. The van der Waals surface area contributed by atoms with E-state index in [0.29, 0.717) is 11.7 Å². The van der Waals surface area contributed by atoms with Crippen molar-refractivity contribution in [1.29, 1.82) is 0 Å². The van der Waals surface area contributed by atoms with Crippen LogP contribution in [0.2, 0.25) is 0 Å². The molecule has 0 amide bonds. The highest BCUT2D eigenvalue weighted by molar-refractivity contribution is 5.83. The molecule has 0 aromatic heterocycles. The summed E-state index contributed by atoms with van der Waals surface area (Å²) in [5.41, 5.74) is 1.17. The molecule has 0 spiro atoms. The molecule has 2 atom stereocenters. The minimum absolute atomic E-state index is 0.234. The molecule has 56 valence electrons. The van der Waals surface area contributed by atoms with Gasteiger partial charge in [-0.3, -0.25) is 4.79 Å². The zero-order valence-corrected chi connectivity index (χ0v) is 6.68. The van der Waals surface area contributed by atoms with Crippen LogP contribution in [0.3, 0.4) is 0 Å². The molecule has 0 saturated heterocycles. The Kier molecular flexibility index (Phi) is 1.93. The number of hydrogen-bond acceptors (Lipinski definition) is 1. The second-order valence-corrected chi connectivity index (χ2v) is 3.25. The molecule has 1 fully saturated rings. The van der Waals surface area contributed by atoms with Crippen molar-refractivity contribution < 1.29 is 4.79 Å². The molecule has 0 aromatic carbocycles. The Morgan fingerprint density at radius 3 is 2.50 bits per heavy atom. The predicted octanol–water partition coefficient (Wildman–Crippen LogP) is 2.18. The first-order valence-corrected chi connectivity index (χ1v) is 3.81. The van der Waals surface area contributed by atoms with Crippen molar-refractivity contribution in [2.24, 2.45) is 11.8 Å². The van der Waals surface area contributed by atoms with Gasteiger partial charge in [0.25, 0.3) is 0 Å². The van der Waals surface area contributed by atoms with Gasteiger partial charge in [0.05, 0.1) is 0 Å². The topological polar surface area (TPSA) is 17.1 Å². The number of carbonyl (C=O) groups is 1. The summed E-state index contributed by atoms with van der Waals surface area (Å²) in [6, 6.07) is 0. The van der Waals surface area contributed by atoms with E-state index in [1.807, 2.05) is 13.8 Å². The van der Waals surface area contributed by atoms with Gasteiger partial charge < -0.3 is 0 Å². The molecular weight excluding hydrogens is 124 g/mol. The monoisotopic (exact) mass is 138 g/mol. The Morgan fingerprint density at radius 2 is 2.30 bits per heavy atom. The van der Waals surface area contributed by atoms with Crippen LogP contribution in [-0.2, 0) is 4.79 Å². The summed E-state index contributed by atoms with van der Waals surface area (Å²) in [5.74, 6) is 1.11. The Labute approximate surface area is 62.1 Å². The second-order valence-electron chi connectivity index (χ2n) is 3.25. The van der Waals surface area contributed by atoms with Crippen molar-refractivity contribution >= 4 is 5.78 Å². The normalized spacial score (nSPS) is 32.8. The number of rotatable bonds is 1. The van der Waals surface area contributed by atoms with Crippen LogP contribution in [0.4, 0.5) is 0 Å². The molecule has 10 heavy (non-hydrogen) atoms. The molecule has 0 N–H and O–H groups in total. The quantitative estimate of drug-likeness (QED) is 0.507. The maximum absolute atomic E-state index is 11.0. The lowest BCUT2D eigenvalue weighted by Crippen LogP contribution is -2.10. The lowest BCUT2D eigenvalue weighted by molar-refractivity contribution is -0.120. The van der Waals surface area contributed by atoms with Crippen molar-refractivity contribution in [3.05, 3.63) is 12.2 Å². The summed E-state index contributed by atoms with van der Waals surface area (Å²) < 4.78 is 0. The fourth-order valence-corrected chi connectivity index (χ4v) is 1.67. The molecule has 0 aliphatic heterocycles. The molecule has 0 radical (unpaired) electrons. The smallest absolute Gasteiger partial charge is 0.136 e. The van der Waals surface area contributed by atoms with Crippen LogP contribution in [0.1, 0.15) is 26.7 Å². The largest absolute Gasteiger partial charge is 0.299 e. The minimum atomic E-state index is 0.234. The van der Waals surface area contributed by atoms with Gasteiger partial charge in [-0.05, 0) is 19.3 Å². The third-order valence-corrected chi connectivity index (χ3v) is 2.45. The molecule has 1 unspecified atom stereocenters. The fraction of sp³-hybridized carbons (Fsp3) is 0.667. The molecule has 0 heterocycles. The third-order valence-electron chi connectivity index (χ3n) is 2.45. The van der Waals surface area contributed by atoms with Gasteiger partial charge in [-0.1, -0.05) is 19.1 Å². The fourth-order valence-electron chi connectivity index (χ4n) is 1.67. The average molecular weight is 138 g/mol. The highest BCUT2D eigenvalue weighted by Crippen LogP contribution is 2.32. The highest BCUT2D eigenvalue weighted by Gasteiger charge is 2.30. The van der Waals surface area contributed by atoms with Crippen molar-refractivity contribution in [1.82, 2.24) is 0 Å². The van der Waals surface area contributed by atoms with Crippen molar-refractivity contribution in [3.8, 4) is 0 Å². The molecule has 1 nitrogen and oxygen atoms in total. The molecule has 1 saturated carbocycles. The second kappa shape index (κ2) is 2.57. The van der Waals surface area contributed by atoms with Crippen LogP contribution in [0.5, 0.6) is 0 Å². The van der Waals surface area contributed by atoms with E-state index >= 15 is 0 Å². The van der Waals surface area contributed by atoms with Crippen LogP contribution in [-0.4, -0.2) is 5.78 Å². The van der Waals surface area contributed by atoms with Gasteiger partial charge in [-0.2, -0.15) is 0 Å². The average Bonchev–Trinajstić information content (AvgIpc) is 2.14. The number of carbonyl (C=O) groups excluding carboxylic acids is 1. The highest BCUT2D eigenvalue weighted by atomic mass is 16.1. The van der Waals surface area contributed by atoms with Crippen molar-refractivity contribution in [2.45, 2.75) is 26.7 Å². The summed E-state index contributed by atoms with van der Waals surface area (Å²) in [6.45, 7) is 7.89. The molecule has 1 heteroatoms. The third kappa shape index (κ3) is 1.13. The molecule has 0 aromatic rings. The van der Waals surface area contributed by atoms with Gasteiger partial charge in [-0.15, -0.1) is 0 Å². The Hall–Kier alpha value is -0.590. The molecule has 1 aliphatic rings. The summed E-state index contributed by atoms with van der Waals surface area (Å²) in [5, 5.41) is 0. The van der Waals surface area contributed by atoms with Crippen LogP contribution in [0, 0.1) is 11.8 Å². The molecule has 1 aliphatic carbocycles. The van der Waals surface area contributed by atoms with Crippen LogP contribution >= 0.6 is 0 Å². The van der Waals surface area contributed by atoms with Crippen molar-refractivity contribution in [2.75, 3.05) is 0 Å². The Bertz CT molecular complexity index is 170. The van der Waals surface area contributed by atoms with E-state index in [4.69, 9.17) is 0 Å². The molecule has 1 rings (SSSR count). The van der Waals surface area contributed by atoms with E-state index in [9.17, 15) is 4.79 Å². The van der Waals surface area contributed by atoms with Gasteiger partial charge in [0, 0.05) is 12.3 Å². The lowest BCUT2D eigenvalue weighted by atomic mass is 9.92.